The third-order valence-corrected chi connectivity index (χ3v) is 2.56. The molecule has 0 aliphatic carbocycles. The molecule has 0 aliphatic heterocycles. The van der Waals surface area contributed by atoms with E-state index in [2.05, 4.69) is 26.8 Å². The number of amides is 1. The van der Waals surface area contributed by atoms with Gasteiger partial charge in [0.1, 0.15) is 12.0 Å². The summed E-state index contributed by atoms with van der Waals surface area (Å²) in [4.78, 5) is 11.9. The number of nitrogens with two attached hydrogens (primary N) is 1. The van der Waals surface area contributed by atoms with Crippen LogP contribution in [-0.4, -0.2) is 17.6 Å². The number of halogens is 1. The first-order chi connectivity index (χ1) is 9.20. The molecule has 19 heavy (non-hydrogen) atoms. The fourth-order valence-corrected chi connectivity index (χ4v) is 1.60. The molecule has 1 heterocycles. The third kappa shape index (κ3) is 3.35. The van der Waals surface area contributed by atoms with Crippen LogP contribution in [0.3, 0.4) is 0 Å². The maximum Gasteiger partial charge on any atom is 0.255 e. The number of hydrogen-bond donors (Lipinski definition) is 2. The van der Waals surface area contributed by atoms with E-state index in [-0.39, 0.29) is 12.5 Å². The van der Waals surface area contributed by atoms with Crippen molar-refractivity contribution in [3.05, 3.63) is 46.8 Å². The minimum absolute atomic E-state index is 0.256. The zero-order valence-electron chi connectivity index (χ0n) is 9.81. The number of benzene rings is 1. The van der Waals surface area contributed by atoms with Crippen molar-refractivity contribution in [2.24, 2.45) is 5.73 Å². The summed E-state index contributed by atoms with van der Waals surface area (Å²) in [6.07, 6.45) is 2.74. The maximum absolute atomic E-state index is 11.9. The molecule has 0 radical (unpaired) electrons. The van der Waals surface area contributed by atoms with Gasteiger partial charge in [0.2, 0.25) is 0 Å². The molecule has 2 rings (SSSR count). The van der Waals surface area contributed by atoms with E-state index in [1.54, 1.807) is 18.2 Å². The molecule has 2 aromatic rings. The first kappa shape index (κ1) is 13.1. The molecule has 0 atom stereocenters. The monoisotopic (exact) mass is 275 g/mol. The summed E-state index contributed by atoms with van der Waals surface area (Å²) in [6, 6.07) is 4.85. The summed E-state index contributed by atoms with van der Waals surface area (Å²) in [7, 11) is 0. The molecular weight excluding hydrogens is 266 g/mol. The van der Waals surface area contributed by atoms with Gasteiger partial charge in [-0.25, -0.2) is 0 Å². The van der Waals surface area contributed by atoms with Crippen molar-refractivity contribution in [1.82, 2.24) is 5.16 Å². The van der Waals surface area contributed by atoms with Crippen molar-refractivity contribution in [2.75, 3.05) is 11.9 Å². The van der Waals surface area contributed by atoms with Gasteiger partial charge in [0.25, 0.3) is 5.91 Å². The molecule has 1 amide bonds. The zero-order chi connectivity index (χ0) is 13.7. The van der Waals surface area contributed by atoms with Gasteiger partial charge < -0.3 is 15.6 Å². The van der Waals surface area contributed by atoms with Gasteiger partial charge in [-0.05, 0) is 18.2 Å². The molecule has 96 valence electrons. The topological polar surface area (TPSA) is 81.2 Å². The quantitative estimate of drug-likeness (QED) is 0.820. The minimum atomic E-state index is -0.302. The average molecular weight is 276 g/mol. The second kappa shape index (κ2) is 6.05. The molecule has 1 aromatic carbocycles. The normalized spacial score (nSPS) is 9.58. The Morgan fingerprint density at radius 1 is 1.53 bits per heavy atom. The van der Waals surface area contributed by atoms with Crippen molar-refractivity contribution >= 4 is 23.2 Å². The lowest BCUT2D eigenvalue weighted by molar-refractivity contribution is 0.102. The Labute approximate surface area is 114 Å². The predicted octanol–water partition coefficient (Wildman–Crippen LogP) is 1.89. The molecule has 6 heteroatoms. The molecule has 0 bridgehead atoms. The first-order valence-corrected chi connectivity index (χ1v) is 5.77. The number of anilines is 1. The number of rotatable bonds is 2. The summed E-state index contributed by atoms with van der Waals surface area (Å²) in [5, 5.41) is 6.51. The number of nitrogens with zero attached hydrogens (tertiary/aromatic N) is 1. The molecule has 1 aromatic heterocycles. The maximum atomic E-state index is 11.9. The Morgan fingerprint density at radius 3 is 3.00 bits per heavy atom. The molecule has 0 unspecified atom stereocenters. The van der Waals surface area contributed by atoms with Crippen LogP contribution in [0.25, 0.3) is 0 Å². The number of hydrogen-bond acceptors (Lipinski definition) is 4. The Bertz CT molecular complexity index is 642. The van der Waals surface area contributed by atoms with Gasteiger partial charge in [-0.15, -0.1) is 0 Å². The second-order valence-corrected chi connectivity index (χ2v) is 3.97. The molecule has 0 fully saturated rings. The Hall–Kier alpha value is -2.29. The van der Waals surface area contributed by atoms with Crippen LogP contribution < -0.4 is 11.1 Å². The van der Waals surface area contributed by atoms with E-state index < -0.39 is 0 Å². The van der Waals surface area contributed by atoms with Crippen molar-refractivity contribution < 1.29 is 9.32 Å². The van der Waals surface area contributed by atoms with E-state index in [4.69, 9.17) is 17.3 Å². The highest BCUT2D eigenvalue weighted by Crippen LogP contribution is 2.18. The third-order valence-electron chi connectivity index (χ3n) is 2.25. The van der Waals surface area contributed by atoms with Gasteiger partial charge in [0, 0.05) is 11.1 Å². The summed E-state index contributed by atoms with van der Waals surface area (Å²) in [5.74, 6) is 5.22. The van der Waals surface area contributed by atoms with E-state index in [1.165, 1.54) is 12.5 Å². The van der Waals surface area contributed by atoms with Gasteiger partial charge in [0.05, 0.1) is 17.8 Å². The van der Waals surface area contributed by atoms with Crippen molar-refractivity contribution in [2.45, 2.75) is 0 Å². The molecule has 0 spiro atoms. The lowest BCUT2D eigenvalue weighted by atomic mass is 10.1. The fraction of sp³-hybridized carbons (Fsp3) is 0.0769. The van der Waals surface area contributed by atoms with E-state index in [0.29, 0.717) is 21.8 Å². The van der Waals surface area contributed by atoms with Gasteiger partial charge in [0.15, 0.2) is 0 Å². The summed E-state index contributed by atoms with van der Waals surface area (Å²) < 4.78 is 4.62. The first-order valence-electron chi connectivity index (χ1n) is 5.40. The van der Waals surface area contributed by atoms with Gasteiger partial charge >= 0.3 is 0 Å². The van der Waals surface area contributed by atoms with Crippen LogP contribution in [0, 0.1) is 11.8 Å². The van der Waals surface area contributed by atoms with Crippen molar-refractivity contribution in [1.29, 1.82) is 0 Å². The fourth-order valence-electron chi connectivity index (χ4n) is 1.37. The number of aromatic nitrogens is 1. The minimum Gasteiger partial charge on any atom is -0.363 e. The number of carbonyl (C=O) groups excluding carboxylic acids is 1. The summed E-state index contributed by atoms with van der Waals surface area (Å²) >= 11 is 6.04. The standard InChI is InChI=1S/C13H10ClN3O2/c14-12-6-10(4-3-9(12)2-1-5-15)13(18)17-11-7-16-19-8-11/h3-4,6-8H,5,15H2,(H,17,18). The zero-order valence-corrected chi connectivity index (χ0v) is 10.6. The van der Waals surface area contributed by atoms with Crippen LogP contribution in [0.4, 0.5) is 5.69 Å². The molecule has 0 saturated carbocycles. The highest BCUT2D eigenvalue weighted by molar-refractivity contribution is 6.32. The number of carbonyl (C=O) groups is 1. The summed E-state index contributed by atoms with van der Waals surface area (Å²) in [5.41, 5.74) is 6.82. The van der Waals surface area contributed by atoms with Crippen LogP contribution in [0.2, 0.25) is 5.02 Å². The van der Waals surface area contributed by atoms with Crippen LogP contribution in [0.1, 0.15) is 15.9 Å². The Morgan fingerprint density at radius 2 is 2.37 bits per heavy atom. The molecule has 0 aliphatic rings. The smallest absolute Gasteiger partial charge is 0.255 e. The van der Waals surface area contributed by atoms with Crippen LogP contribution in [-0.2, 0) is 0 Å². The van der Waals surface area contributed by atoms with Crippen LogP contribution in [0.5, 0.6) is 0 Å². The van der Waals surface area contributed by atoms with E-state index >= 15 is 0 Å². The SMILES string of the molecule is NCC#Cc1ccc(C(=O)Nc2cnoc2)cc1Cl. The summed E-state index contributed by atoms with van der Waals surface area (Å²) in [6.45, 7) is 0.256. The van der Waals surface area contributed by atoms with Crippen LogP contribution >= 0.6 is 11.6 Å². The predicted molar refractivity (Wildman–Crippen MR) is 71.8 cm³/mol. The van der Waals surface area contributed by atoms with Crippen molar-refractivity contribution in [3.63, 3.8) is 0 Å². The average Bonchev–Trinajstić information content (AvgIpc) is 2.90. The van der Waals surface area contributed by atoms with Gasteiger partial charge in [-0.3, -0.25) is 4.79 Å². The van der Waals surface area contributed by atoms with E-state index in [1.807, 2.05) is 0 Å². The molecular formula is C13H10ClN3O2. The molecule has 3 N–H and O–H groups in total. The Kier molecular flexibility index (Phi) is 4.18. The second-order valence-electron chi connectivity index (χ2n) is 3.57. The highest BCUT2D eigenvalue weighted by Gasteiger charge is 2.09. The largest absolute Gasteiger partial charge is 0.363 e. The lowest BCUT2D eigenvalue weighted by Crippen LogP contribution is -2.11. The molecule has 0 saturated heterocycles. The lowest BCUT2D eigenvalue weighted by Gasteiger charge is -2.03. The molecule has 5 nitrogen and oxygen atoms in total. The Balaban J connectivity index is 2.17. The van der Waals surface area contributed by atoms with Gasteiger partial charge in [-0.1, -0.05) is 28.6 Å². The van der Waals surface area contributed by atoms with E-state index in [9.17, 15) is 4.79 Å². The van der Waals surface area contributed by atoms with Crippen molar-refractivity contribution in [3.8, 4) is 11.8 Å². The van der Waals surface area contributed by atoms with E-state index in [0.717, 1.165) is 0 Å². The highest BCUT2D eigenvalue weighted by atomic mass is 35.5. The van der Waals surface area contributed by atoms with Gasteiger partial charge in [-0.2, -0.15) is 0 Å². The number of nitrogens with one attached hydrogen (secondary N) is 1. The van der Waals surface area contributed by atoms with Crippen LogP contribution in [0.15, 0.2) is 35.2 Å².